The number of carbonyl (C=O) groups excluding carboxylic acids is 1. The molecule has 152 valence electrons. The average molecular weight is 394 g/mol. The molecule has 1 aromatic heterocycles. The first-order valence-corrected chi connectivity index (χ1v) is 9.71. The Labute approximate surface area is 170 Å². The molecule has 0 spiro atoms. The van der Waals surface area contributed by atoms with Crippen LogP contribution in [0.4, 0.5) is 0 Å². The molecular formula is C23H26N2O4. The molecule has 6 nitrogen and oxygen atoms in total. The summed E-state index contributed by atoms with van der Waals surface area (Å²) in [5.74, 6) is 2.53. The fourth-order valence-corrected chi connectivity index (χ4v) is 3.01. The largest absolute Gasteiger partial charge is 0.493 e. The number of nitrogens with one attached hydrogen (secondary N) is 1. The van der Waals surface area contributed by atoms with Crippen LogP contribution in [-0.2, 0) is 11.2 Å². The third-order valence-corrected chi connectivity index (χ3v) is 4.54. The summed E-state index contributed by atoms with van der Waals surface area (Å²) < 4.78 is 16.7. The Morgan fingerprint density at radius 1 is 1.17 bits per heavy atom. The molecule has 1 atom stereocenters. The SMILES string of the molecule is CCOc1ccc([C@H](C)NC(=O)CCc2ncc(-c3ccccc3)o2)cc1OC. The first kappa shape index (κ1) is 20.5. The molecule has 29 heavy (non-hydrogen) atoms. The van der Waals surface area contributed by atoms with Gasteiger partial charge in [-0.3, -0.25) is 4.79 Å². The van der Waals surface area contributed by atoms with Crippen molar-refractivity contribution < 1.29 is 18.7 Å². The van der Waals surface area contributed by atoms with Crippen LogP contribution >= 0.6 is 0 Å². The van der Waals surface area contributed by atoms with E-state index in [4.69, 9.17) is 13.9 Å². The fourth-order valence-electron chi connectivity index (χ4n) is 3.01. The Balaban J connectivity index is 1.55. The molecule has 0 aliphatic heterocycles. The molecule has 0 radical (unpaired) electrons. The van der Waals surface area contributed by atoms with Crippen molar-refractivity contribution in [2.24, 2.45) is 0 Å². The fraction of sp³-hybridized carbons (Fsp3) is 0.304. The summed E-state index contributed by atoms with van der Waals surface area (Å²) in [5, 5.41) is 3.00. The van der Waals surface area contributed by atoms with Gasteiger partial charge in [-0.25, -0.2) is 4.98 Å². The zero-order chi connectivity index (χ0) is 20.6. The van der Waals surface area contributed by atoms with Crippen LogP contribution in [0, 0.1) is 0 Å². The van der Waals surface area contributed by atoms with E-state index in [0.29, 0.717) is 42.6 Å². The number of amides is 1. The lowest BCUT2D eigenvalue weighted by Gasteiger charge is -2.17. The predicted molar refractivity (Wildman–Crippen MR) is 111 cm³/mol. The molecule has 0 saturated carbocycles. The highest BCUT2D eigenvalue weighted by atomic mass is 16.5. The van der Waals surface area contributed by atoms with Crippen LogP contribution in [0.1, 0.15) is 37.8 Å². The molecule has 0 fully saturated rings. The summed E-state index contributed by atoms with van der Waals surface area (Å²) in [6, 6.07) is 15.3. The van der Waals surface area contributed by atoms with Crippen LogP contribution in [0.5, 0.6) is 11.5 Å². The minimum Gasteiger partial charge on any atom is -0.493 e. The van der Waals surface area contributed by atoms with Gasteiger partial charge in [0.2, 0.25) is 5.91 Å². The topological polar surface area (TPSA) is 73.6 Å². The van der Waals surface area contributed by atoms with Crippen LogP contribution < -0.4 is 14.8 Å². The van der Waals surface area contributed by atoms with Gasteiger partial charge in [0.05, 0.1) is 26.0 Å². The smallest absolute Gasteiger partial charge is 0.220 e. The van der Waals surface area contributed by atoms with Crippen molar-refractivity contribution in [2.45, 2.75) is 32.7 Å². The van der Waals surface area contributed by atoms with E-state index in [0.717, 1.165) is 11.1 Å². The van der Waals surface area contributed by atoms with Crippen LogP contribution in [0.25, 0.3) is 11.3 Å². The van der Waals surface area contributed by atoms with E-state index in [1.54, 1.807) is 13.3 Å². The maximum atomic E-state index is 12.4. The van der Waals surface area contributed by atoms with Crippen molar-refractivity contribution in [3.63, 3.8) is 0 Å². The Morgan fingerprint density at radius 3 is 2.69 bits per heavy atom. The Kier molecular flexibility index (Phi) is 6.89. The van der Waals surface area contributed by atoms with E-state index in [-0.39, 0.29) is 11.9 Å². The molecule has 6 heteroatoms. The number of oxazole rings is 1. The number of hydrogen-bond acceptors (Lipinski definition) is 5. The van der Waals surface area contributed by atoms with Gasteiger partial charge in [-0.1, -0.05) is 36.4 Å². The van der Waals surface area contributed by atoms with Crippen LogP contribution in [0.3, 0.4) is 0 Å². The molecule has 0 aliphatic carbocycles. The number of benzene rings is 2. The number of rotatable bonds is 9. The lowest BCUT2D eigenvalue weighted by atomic mass is 10.1. The highest BCUT2D eigenvalue weighted by molar-refractivity contribution is 5.76. The molecule has 3 rings (SSSR count). The number of nitrogens with zero attached hydrogens (tertiary/aromatic N) is 1. The second-order valence-electron chi connectivity index (χ2n) is 6.62. The lowest BCUT2D eigenvalue weighted by Crippen LogP contribution is -2.26. The minimum absolute atomic E-state index is 0.0650. The number of aromatic nitrogens is 1. The van der Waals surface area contributed by atoms with Crippen LogP contribution in [-0.4, -0.2) is 24.6 Å². The maximum Gasteiger partial charge on any atom is 0.220 e. The van der Waals surface area contributed by atoms with Crippen molar-refractivity contribution in [2.75, 3.05) is 13.7 Å². The first-order valence-electron chi connectivity index (χ1n) is 9.71. The summed E-state index contributed by atoms with van der Waals surface area (Å²) in [6.07, 6.45) is 2.43. The molecule has 0 saturated heterocycles. The van der Waals surface area contributed by atoms with Gasteiger partial charge < -0.3 is 19.2 Å². The lowest BCUT2D eigenvalue weighted by molar-refractivity contribution is -0.121. The summed E-state index contributed by atoms with van der Waals surface area (Å²) in [4.78, 5) is 16.6. The third-order valence-electron chi connectivity index (χ3n) is 4.54. The highest BCUT2D eigenvalue weighted by Crippen LogP contribution is 2.30. The Morgan fingerprint density at radius 2 is 1.97 bits per heavy atom. The molecule has 3 aromatic rings. The summed E-state index contributed by atoms with van der Waals surface area (Å²) >= 11 is 0. The monoisotopic (exact) mass is 394 g/mol. The molecule has 0 aliphatic rings. The number of carbonyl (C=O) groups is 1. The summed E-state index contributed by atoms with van der Waals surface area (Å²) in [6.45, 7) is 4.42. The standard InChI is InChI=1S/C23H26N2O4/c1-4-28-19-11-10-18(14-20(19)27-3)16(2)25-22(26)12-13-23-24-15-21(29-23)17-8-6-5-7-9-17/h5-11,14-16H,4,12-13H2,1-3H3,(H,25,26)/t16-/m0/s1. The van der Waals surface area contributed by atoms with E-state index >= 15 is 0 Å². The van der Waals surface area contributed by atoms with Gasteiger partial charge in [-0.15, -0.1) is 0 Å². The third kappa shape index (κ3) is 5.38. The van der Waals surface area contributed by atoms with Crippen molar-refractivity contribution in [1.82, 2.24) is 10.3 Å². The minimum atomic E-state index is -0.156. The number of methoxy groups -OCH3 is 1. The molecule has 1 amide bonds. The van der Waals surface area contributed by atoms with Crippen LogP contribution in [0.2, 0.25) is 0 Å². The van der Waals surface area contributed by atoms with Crippen molar-refractivity contribution in [3.8, 4) is 22.8 Å². The van der Waals surface area contributed by atoms with Crippen molar-refractivity contribution >= 4 is 5.91 Å². The molecule has 1 heterocycles. The molecule has 0 bridgehead atoms. The number of aryl methyl sites for hydroxylation is 1. The van der Waals surface area contributed by atoms with Crippen LogP contribution in [0.15, 0.2) is 59.1 Å². The van der Waals surface area contributed by atoms with Crippen molar-refractivity contribution in [1.29, 1.82) is 0 Å². The van der Waals surface area contributed by atoms with E-state index in [2.05, 4.69) is 10.3 Å². The molecule has 0 unspecified atom stereocenters. The Hall–Kier alpha value is -3.28. The molecule has 2 aromatic carbocycles. The van der Waals surface area contributed by atoms with Gasteiger partial charge in [-0.2, -0.15) is 0 Å². The molecule has 1 N–H and O–H groups in total. The normalized spacial score (nSPS) is 11.7. The van der Waals surface area contributed by atoms with Gasteiger partial charge in [0, 0.05) is 18.4 Å². The average Bonchev–Trinajstić information content (AvgIpc) is 3.22. The number of ether oxygens (including phenoxy) is 2. The second-order valence-corrected chi connectivity index (χ2v) is 6.62. The van der Waals surface area contributed by atoms with Crippen molar-refractivity contribution in [3.05, 3.63) is 66.2 Å². The molecular weight excluding hydrogens is 368 g/mol. The number of hydrogen-bond donors (Lipinski definition) is 1. The van der Waals surface area contributed by atoms with Gasteiger partial charge in [0.1, 0.15) is 0 Å². The quantitative estimate of drug-likeness (QED) is 0.576. The summed E-state index contributed by atoms with van der Waals surface area (Å²) in [7, 11) is 1.60. The highest BCUT2D eigenvalue weighted by Gasteiger charge is 2.14. The van der Waals surface area contributed by atoms with Gasteiger partial charge in [0.25, 0.3) is 0 Å². The van der Waals surface area contributed by atoms with E-state index in [1.165, 1.54) is 0 Å². The zero-order valence-electron chi connectivity index (χ0n) is 17.0. The van der Waals surface area contributed by atoms with Gasteiger partial charge in [-0.05, 0) is 31.5 Å². The predicted octanol–water partition coefficient (Wildman–Crippen LogP) is 4.56. The van der Waals surface area contributed by atoms with E-state index < -0.39 is 0 Å². The first-order chi connectivity index (χ1) is 14.1. The van der Waals surface area contributed by atoms with Gasteiger partial charge in [0.15, 0.2) is 23.1 Å². The zero-order valence-corrected chi connectivity index (χ0v) is 17.0. The van der Waals surface area contributed by atoms with E-state index in [9.17, 15) is 4.79 Å². The summed E-state index contributed by atoms with van der Waals surface area (Å²) in [5.41, 5.74) is 1.91. The van der Waals surface area contributed by atoms with E-state index in [1.807, 2.05) is 62.4 Å². The van der Waals surface area contributed by atoms with Gasteiger partial charge >= 0.3 is 0 Å². The Bertz CT molecular complexity index is 937. The maximum absolute atomic E-state index is 12.4. The second kappa shape index (κ2) is 9.78.